The highest BCUT2D eigenvalue weighted by Crippen LogP contribution is 2.12. The number of thioether (sulfide) groups is 1. The molecule has 1 rings (SSSR count). The van der Waals surface area contributed by atoms with E-state index in [4.69, 9.17) is 0 Å². The Morgan fingerprint density at radius 3 is 2.90 bits per heavy atom. The van der Waals surface area contributed by atoms with Gasteiger partial charge in [0.15, 0.2) is 0 Å². The Bertz CT molecular complexity index is 324. The first kappa shape index (κ1) is 18.3. The van der Waals surface area contributed by atoms with Crippen molar-refractivity contribution in [2.24, 2.45) is 0 Å². The summed E-state index contributed by atoms with van der Waals surface area (Å²) < 4.78 is 0. The van der Waals surface area contributed by atoms with Crippen LogP contribution < -0.4 is 5.32 Å². The van der Waals surface area contributed by atoms with Gasteiger partial charge >= 0.3 is 0 Å². The lowest BCUT2D eigenvalue weighted by Gasteiger charge is -2.20. The third kappa shape index (κ3) is 8.98. The van der Waals surface area contributed by atoms with Crippen LogP contribution in [0.4, 0.5) is 0 Å². The number of rotatable bonds is 9. The van der Waals surface area contributed by atoms with Crippen LogP contribution in [0.2, 0.25) is 0 Å². The molecule has 1 N–H and O–H groups in total. The molecule has 0 saturated carbocycles. The molecular weight excluding hydrogens is 286 g/mol. The zero-order valence-electron chi connectivity index (χ0n) is 13.4. The molecule has 1 fully saturated rings. The number of carbonyl (C=O) groups is 2. The molecule has 1 aliphatic heterocycles. The maximum Gasteiger partial charge on any atom is 0.229 e. The standard InChI is InChI=1S/C15H29N3O2S/c1-17(2)9-6-8-16-14(19)13-21-12-11-18-10-5-3-4-7-15(18)20/h3-13H2,1-2H3,(H,16,19). The van der Waals surface area contributed by atoms with E-state index in [0.29, 0.717) is 12.2 Å². The van der Waals surface area contributed by atoms with E-state index in [1.54, 1.807) is 11.8 Å². The summed E-state index contributed by atoms with van der Waals surface area (Å²) in [5.41, 5.74) is 0. The van der Waals surface area contributed by atoms with Crippen molar-refractivity contribution in [2.45, 2.75) is 32.1 Å². The lowest BCUT2D eigenvalue weighted by Crippen LogP contribution is -2.33. The number of nitrogens with zero attached hydrogens (tertiary/aromatic N) is 2. The van der Waals surface area contributed by atoms with Crippen LogP contribution >= 0.6 is 11.8 Å². The van der Waals surface area contributed by atoms with Gasteiger partial charge in [-0.25, -0.2) is 0 Å². The van der Waals surface area contributed by atoms with Gasteiger partial charge in [-0.05, 0) is 39.9 Å². The average Bonchev–Trinajstić information content (AvgIpc) is 2.64. The van der Waals surface area contributed by atoms with Crippen LogP contribution in [0.5, 0.6) is 0 Å². The molecule has 5 nitrogen and oxygen atoms in total. The Balaban J connectivity index is 2.02. The van der Waals surface area contributed by atoms with E-state index < -0.39 is 0 Å². The molecule has 21 heavy (non-hydrogen) atoms. The maximum absolute atomic E-state index is 11.8. The van der Waals surface area contributed by atoms with Crippen LogP contribution in [0, 0.1) is 0 Å². The van der Waals surface area contributed by atoms with Gasteiger partial charge in [0.05, 0.1) is 5.75 Å². The fourth-order valence-corrected chi connectivity index (χ4v) is 3.07. The number of nitrogens with one attached hydrogen (secondary N) is 1. The van der Waals surface area contributed by atoms with E-state index in [0.717, 1.165) is 57.6 Å². The number of carbonyl (C=O) groups excluding carboxylic acids is 2. The molecule has 1 aliphatic rings. The molecule has 0 atom stereocenters. The fourth-order valence-electron chi connectivity index (χ4n) is 2.29. The van der Waals surface area contributed by atoms with Crippen LogP contribution in [0.15, 0.2) is 0 Å². The van der Waals surface area contributed by atoms with Gasteiger partial charge in [0.1, 0.15) is 0 Å². The summed E-state index contributed by atoms with van der Waals surface area (Å²) in [6, 6.07) is 0. The Kier molecular flexibility index (Phi) is 9.50. The van der Waals surface area contributed by atoms with E-state index >= 15 is 0 Å². The van der Waals surface area contributed by atoms with E-state index in [2.05, 4.69) is 10.2 Å². The molecule has 0 aromatic carbocycles. The smallest absolute Gasteiger partial charge is 0.229 e. The molecule has 2 amide bonds. The van der Waals surface area contributed by atoms with E-state index in [-0.39, 0.29) is 11.8 Å². The third-order valence-corrected chi connectivity index (χ3v) is 4.45. The minimum Gasteiger partial charge on any atom is -0.355 e. The van der Waals surface area contributed by atoms with Crippen molar-refractivity contribution < 1.29 is 9.59 Å². The highest BCUT2D eigenvalue weighted by atomic mass is 32.2. The third-order valence-electron chi connectivity index (χ3n) is 3.51. The van der Waals surface area contributed by atoms with Gasteiger partial charge in [0.2, 0.25) is 11.8 Å². The van der Waals surface area contributed by atoms with Crippen molar-refractivity contribution in [1.82, 2.24) is 15.1 Å². The SMILES string of the molecule is CN(C)CCCNC(=O)CSCCN1CCCCCC1=O. The summed E-state index contributed by atoms with van der Waals surface area (Å²) in [5, 5.41) is 2.93. The van der Waals surface area contributed by atoms with E-state index in [1.165, 1.54) is 0 Å². The van der Waals surface area contributed by atoms with Crippen molar-refractivity contribution in [3.8, 4) is 0 Å². The van der Waals surface area contributed by atoms with Gasteiger partial charge in [-0.15, -0.1) is 0 Å². The summed E-state index contributed by atoms with van der Waals surface area (Å²) in [5.74, 6) is 1.71. The molecule has 0 radical (unpaired) electrons. The minimum atomic E-state index is 0.0981. The molecule has 0 spiro atoms. The maximum atomic E-state index is 11.8. The summed E-state index contributed by atoms with van der Waals surface area (Å²) >= 11 is 1.61. The molecule has 0 aromatic rings. The first-order valence-corrected chi connectivity index (χ1v) is 9.02. The normalized spacial score (nSPS) is 16.1. The van der Waals surface area contributed by atoms with Gasteiger partial charge in [0, 0.05) is 31.8 Å². The second-order valence-electron chi connectivity index (χ2n) is 5.75. The number of hydrogen-bond acceptors (Lipinski definition) is 4. The monoisotopic (exact) mass is 315 g/mol. The van der Waals surface area contributed by atoms with Crippen LogP contribution in [-0.2, 0) is 9.59 Å². The van der Waals surface area contributed by atoms with Crippen LogP contribution in [0.25, 0.3) is 0 Å². The van der Waals surface area contributed by atoms with Gasteiger partial charge in [-0.3, -0.25) is 9.59 Å². The highest BCUT2D eigenvalue weighted by molar-refractivity contribution is 7.99. The topological polar surface area (TPSA) is 52.7 Å². The van der Waals surface area contributed by atoms with Crippen LogP contribution in [-0.4, -0.2) is 73.4 Å². The largest absolute Gasteiger partial charge is 0.355 e. The predicted molar refractivity (Wildman–Crippen MR) is 88.6 cm³/mol. The minimum absolute atomic E-state index is 0.0981. The Labute approximate surface area is 132 Å². The van der Waals surface area contributed by atoms with Crippen molar-refractivity contribution in [1.29, 1.82) is 0 Å². The van der Waals surface area contributed by atoms with Gasteiger partial charge in [-0.1, -0.05) is 6.42 Å². The zero-order valence-corrected chi connectivity index (χ0v) is 14.2. The second-order valence-corrected chi connectivity index (χ2v) is 6.86. The van der Waals surface area contributed by atoms with Crippen molar-refractivity contribution >= 4 is 23.6 Å². The molecule has 122 valence electrons. The lowest BCUT2D eigenvalue weighted by molar-refractivity contribution is -0.130. The molecule has 0 unspecified atom stereocenters. The summed E-state index contributed by atoms with van der Waals surface area (Å²) in [6.45, 7) is 3.39. The van der Waals surface area contributed by atoms with Gasteiger partial charge in [-0.2, -0.15) is 11.8 Å². The second kappa shape index (κ2) is 10.9. The first-order chi connectivity index (χ1) is 10.1. The Hall–Kier alpha value is -0.750. The van der Waals surface area contributed by atoms with Crippen molar-refractivity contribution in [2.75, 3.05) is 51.8 Å². The summed E-state index contributed by atoms with van der Waals surface area (Å²) in [6.07, 6.45) is 4.97. The van der Waals surface area contributed by atoms with Crippen molar-refractivity contribution in [3.63, 3.8) is 0 Å². The fraction of sp³-hybridized carbons (Fsp3) is 0.867. The average molecular weight is 315 g/mol. The number of hydrogen-bond donors (Lipinski definition) is 1. The summed E-state index contributed by atoms with van der Waals surface area (Å²) in [7, 11) is 4.06. The number of amides is 2. The molecular formula is C15H29N3O2S. The first-order valence-electron chi connectivity index (χ1n) is 7.86. The van der Waals surface area contributed by atoms with E-state index in [9.17, 15) is 9.59 Å². The van der Waals surface area contributed by atoms with Crippen LogP contribution in [0.3, 0.4) is 0 Å². The summed E-state index contributed by atoms with van der Waals surface area (Å²) in [4.78, 5) is 27.5. The molecule has 6 heteroatoms. The Morgan fingerprint density at radius 1 is 1.33 bits per heavy atom. The molecule has 1 saturated heterocycles. The van der Waals surface area contributed by atoms with E-state index in [1.807, 2.05) is 19.0 Å². The molecule has 0 aromatic heterocycles. The van der Waals surface area contributed by atoms with Crippen LogP contribution in [0.1, 0.15) is 32.1 Å². The molecule has 1 heterocycles. The van der Waals surface area contributed by atoms with Crippen molar-refractivity contribution in [3.05, 3.63) is 0 Å². The van der Waals surface area contributed by atoms with Gasteiger partial charge < -0.3 is 15.1 Å². The quantitative estimate of drug-likeness (QED) is 0.650. The van der Waals surface area contributed by atoms with Gasteiger partial charge in [0.25, 0.3) is 0 Å². The highest BCUT2D eigenvalue weighted by Gasteiger charge is 2.15. The lowest BCUT2D eigenvalue weighted by atomic mass is 10.2. The predicted octanol–water partition coefficient (Wildman–Crippen LogP) is 1.19. The zero-order chi connectivity index (χ0) is 15.5. The Morgan fingerprint density at radius 2 is 2.14 bits per heavy atom. The molecule has 0 bridgehead atoms. The molecule has 0 aliphatic carbocycles. The number of likely N-dealkylation sites (tertiary alicyclic amines) is 1.